The van der Waals surface area contributed by atoms with Gasteiger partial charge in [0.05, 0.1) is 16.3 Å². The van der Waals surface area contributed by atoms with E-state index >= 15 is 0 Å². The van der Waals surface area contributed by atoms with Crippen molar-refractivity contribution in [2.75, 3.05) is 5.43 Å². The third kappa shape index (κ3) is 5.22. The first-order chi connectivity index (χ1) is 10.7. The average molecular weight is 365 g/mol. The molecule has 2 N–H and O–H groups in total. The van der Waals surface area contributed by atoms with Crippen LogP contribution in [0.4, 0.5) is 18.9 Å². The Balaban J connectivity index is 1.96. The topological polar surface area (TPSA) is 50.4 Å². The minimum atomic E-state index is -4.76. The molecule has 0 saturated heterocycles. The first-order valence-electron chi connectivity index (χ1n) is 6.12. The van der Waals surface area contributed by atoms with Crippen molar-refractivity contribution >= 4 is 34.8 Å². The number of rotatable bonds is 4. The second kappa shape index (κ2) is 6.97. The molecule has 0 bridgehead atoms. The molecule has 0 aliphatic heterocycles. The number of hydrogen-bond donors (Lipinski definition) is 2. The van der Waals surface area contributed by atoms with Crippen molar-refractivity contribution in [3.63, 3.8) is 0 Å². The number of hydrogen-bond acceptors (Lipinski definition) is 3. The molecule has 0 aromatic heterocycles. The summed E-state index contributed by atoms with van der Waals surface area (Å²) in [5, 5.41) is 0.561. The first kappa shape index (κ1) is 17.2. The van der Waals surface area contributed by atoms with Crippen LogP contribution < -0.4 is 15.6 Å². The summed E-state index contributed by atoms with van der Waals surface area (Å²) in [5.74, 6) is -0.891. The van der Waals surface area contributed by atoms with Gasteiger partial charge in [-0.2, -0.15) is 0 Å². The molecule has 23 heavy (non-hydrogen) atoms. The van der Waals surface area contributed by atoms with E-state index in [1.807, 2.05) is 0 Å². The monoisotopic (exact) mass is 364 g/mol. The van der Waals surface area contributed by atoms with E-state index in [1.54, 1.807) is 0 Å². The third-order valence-electron chi connectivity index (χ3n) is 2.58. The maximum atomic E-state index is 12.0. The van der Waals surface area contributed by atoms with Crippen LogP contribution in [0.5, 0.6) is 5.75 Å². The van der Waals surface area contributed by atoms with Crippen LogP contribution in [0.3, 0.4) is 0 Å². The maximum Gasteiger partial charge on any atom is 0.573 e. The molecular formula is C14H9Cl2F3N2O2. The standard InChI is InChI=1S/C14H9Cl2F3N2O2/c15-8-1-6-11(12(16)7-8)13(22)21-20-9-2-4-10(5-3-9)23-14(17,18)19/h1-7,20H,(H,21,22). The van der Waals surface area contributed by atoms with E-state index in [0.29, 0.717) is 10.7 Å². The van der Waals surface area contributed by atoms with Crippen LogP contribution in [0.2, 0.25) is 10.0 Å². The van der Waals surface area contributed by atoms with Crippen LogP contribution in [-0.2, 0) is 0 Å². The van der Waals surface area contributed by atoms with E-state index in [4.69, 9.17) is 23.2 Å². The number of alkyl halides is 3. The Morgan fingerprint density at radius 2 is 1.70 bits per heavy atom. The molecule has 0 radical (unpaired) electrons. The number of halogens is 5. The molecule has 2 aromatic carbocycles. The zero-order valence-electron chi connectivity index (χ0n) is 11.2. The fourth-order valence-corrected chi connectivity index (χ4v) is 2.10. The summed E-state index contributed by atoms with van der Waals surface area (Å²) in [6, 6.07) is 9.21. The summed E-state index contributed by atoms with van der Waals surface area (Å²) in [7, 11) is 0. The smallest absolute Gasteiger partial charge is 0.406 e. The Hall–Kier alpha value is -2.12. The Bertz CT molecular complexity index is 706. The van der Waals surface area contributed by atoms with Gasteiger partial charge in [0.25, 0.3) is 5.91 Å². The highest BCUT2D eigenvalue weighted by atomic mass is 35.5. The summed E-state index contributed by atoms with van der Waals surface area (Å²) < 4.78 is 39.8. The SMILES string of the molecule is O=C(NNc1ccc(OC(F)(F)F)cc1)c1ccc(Cl)cc1Cl. The van der Waals surface area contributed by atoms with Gasteiger partial charge in [0.2, 0.25) is 0 Å². The molecule has 1 amide bonds. The zero-order valence-corrected chi connectivity index (χ0v) is 12.8. The summed E-state index contributed by atoms with van der Waals surface area (Å²) >= 11 is 11.6. The molecule has 0 fully saturated rings. The lowest BCUT2D eigenvalue weighted by atomic mass is 10.2. The van der Waals surface area contributed by atoms with Crippen LogP contribution in [0.25, 0.3) is 0 Å². The summed E-state index contributed by atoms with van der Waals surface area (Å²) in [6.45, 7) is 0. The largest absolute Gasteiger partial charge is 0.573 e. The molecule has 0 atom stereocenters. The van der Waals surface area contributed by atoms with Crippen molar-refractivity contribution in [1.29, 1.82) is 0 Å². The molecule has 2 rings (SSSR count). The molecule has 0 aliphatic carbocycles. The lowest BCUT2D eigenvalue weighted by Gasteiger charge is -2.11. The fraction of sp³-hybridized carbons (Fsp3) is 0.0714. The van der Waals surface area contributed by atoms with Crippen molar-refractivity contribution < 1.29 is 22.7 Å². The van der Waals surface area contributed by atoms with Gasteiger partial charge in [-0.1, -0.05) is 23.2 Å². The van der Waals surface area contributed by atoms with Gasteiger partial charge >= 0.3 is 6.36 Å². The number of anilines is 1. The second-order valence-electron chi connectivity index (χ2n) is 4.28. The van der Waals surface area contributed by atoms with Gasteiger partial charge in [0, 0.05) is 5.02 Å². The highest BCUT2D eigenvalue weighted by Crippen LogP contribution is 2.24. The number of amides is 1. The predicted octanol–water partition coefficient (Wildman–Crippen LogP) is 4.65. The van der Waals surface area contributed by atoms with E-state index < -0.39 is 12.3 Å². The van der Waals surface area contributed by atoms with Crippen molar-refractivity contribution in [2.24, 2.45) is 0 Å². The predicted molar refractivity (Wildman–Crippen MR) is 80.7 cm³/mol. The number of carbonyl (C=O) groups is 1. The number of hydrazine groups is 1. The number of benzene rings is 2. The lowest BCUT2D eigenvalue weighted by molar-refractivity contribution is -0.274. The molecule has 0 unspecified atom stereocenters. The molecule has 0 heterocycles. The molecule has 0 aliphatic rings. The van der Waals surface area contributed by atoms with E-state index in [0.717, 1.165) is 12.1 Å². The molecule has 4 nitrogen and oxygen atoms in total. The van der Waals surface area contributed by atoms with Crippen molar-refractivity contribution in [3.8, 4) is 5.75 Å². The summed E-state index contributed by atoms with van der Waals surface area (Å²) in [5.41, 5.74) is 5.46. The van der Waals surface area contributed by atoms with Crippen molar-refractivity contribution in [1.82, 2.24) is 5.43 Å². The van der Waals surface area contributed by atoms with E-state index in [-0.39, 0.29) is 16.3 Å². The molecule has 0 spiro atoms. The summed E-state index contributed by atoms with van der Waals surface area (Å²) in [6.07, 6.45) is -4.76. The van der Waals surface area contributed by atoms with E-state index in [9.17, 15) is 18.0 Å². The van der Waals surface area contributed by atoms with E-state index in [2.05, 4.69) is 15.6 Å². The van der Waals surface area contributed by atoms with Crippen LogP contribution in [0.1, 0.15) is 10.4 Å². The Kier molecular flexibility index (Phi) is 5.23. The average Bonchev–Trinajstić information content (AvgIpc) is 2.44. The van der Waals surface area contributed by atoms with Crippen LogP contribution >= 0.6 is 23.2 Å². The number of ether oxygens (including phenoxy) is 1. The fourth-order valence-electron chi connectivity index (χ4n) is 1.61. The number of carbonyl (C=O) groups excluding carboxylic acids is 1. The lowest BCUT2D eigenvalue weighted by Crippen LogP contribution is -2.29. The highest BCUT2D eigenvalue weighted by Gasteiger charge is 2.30. The Labute approximate surface area is 139 Å². The minimum absolute atomic E-state index is 0.172. The Morgan fingerprint density at radius 1 is 1.04 bits per heavy atom. The Morgan fingerprint density at radius 3 is 2.26 bits per heavy atom. The van der Waals surface area contributed by atoms with Gasteiger partial charge in [-0.15, -0.1) is 13.2 Å². The van der Waals surface area contributed by atoms with Crippen LogP contribution in [-0.4, -0.2) is 12.3 Å². The zero-order chi connectivity index (χ0) is 17.0. The van der Waals surface area contributed by atoms with Crippen molar-refractivity contribution in [2.45, 2.75) is 6.36 Å². The molecule has 0 saturated carbocycles. The van der Waals surface area contributed by atoms with Gasteiger partial charge in [0.15, 0.2) is 0 Å². The van der Waals surface area contributed by atoms with Crippen LogP contribution in [0, 0.1) is 0 Å². The van der Waals surface area contributed by atoms with Gasteiger partial charge in [-0.25, -0.2) is 0 Å². The molecule has 122 valence electrons. The van der Waals surface area contributed by atoms with Crippen LogP contribution in [0.15, 0.2) is 42.5 Å². The quantitative estimate of drug-likeness (QED) is 0.776. The van der Waals surface area contributed by atoms with E-state index in [1.165, 1.54) is 30.3 Å². The molecular weight excluding hydrogens is 356 g/mol. The highest BCUT2D eigenvalue weighted by molar-refractivity contribution is 6.36. The third-order valence-corrected chi connectivity index (χ3v) is 3.13. The van der Waals surface area contributed by atoms with Gasteiger partial charge < -0.3 is 4.74 Å². The first-order valence-corrected chi connectivity index (χ1v) is 6.87. The van der Waals surface area contributed by atoms with Crippen molar-refractivity contribution in [3.05, 3.63) is 58.1 Å². The van der Waals surface area contributed by atoms with Gasteiger partial charge in [-0.3, -0.25) is 15.6 Å². The molecule has 2 aromatic rings. The second-order valence-corrected chi connectivity index (χ2v) is 5.12. The van der Waals surface area contributed by atoms with Gasteiger partial charge in [0.1, 0.15) is 5.75 Å². The maximum absolute atomic E-state index is 12.0. The normalized spacial score (nSPS) is 11.0. The minimum Gasteiger partial charge on any atom is -0.406 e. The number of nitrogens with one attached hydrogen (secondary N) is 2. The summed E-state index contributed by atoms with van der Waals surface area (Å²) in [4.78, 5) is 11.9. The molecule has 9 heteroatoms. The van der Waals surface area contributed by atoms with Gasteiger partial charge in [-0.05, 0) is 42.5 Å².